The molecule has 5 aromatic rings. The highest BCUT2D eigenvalue weighted by atomic mass is 32.1. The summed E-state index contributed by atoms with van der Waals surface area (Å²) >= 11 is 1.36. The van der Waals surface area contributed by atoms with Crippen molar-refractivity contribution in [3.8, 4) is 0 Å². The average Bonchev–Trinajstić information content (AvgIpc) is 3.37. The zero-order chi connectivity index (χ0) is 21.5. The summed E-state index contributed by atoms with van der Waals surface area (Å²) in [5.74, 6) is -0.349. The molecular weight excluding hydrogens is 414 g/mol. The third kappa shape index (κ3) is 3.46. The van der Waals surface area contributed by atoms with Crippen LogP contribution in [0.5, 0.6) is 0 Å². The van der Waals surface area contributed by atoms with Crippen molar-refractivity contribution in [2.75, 3.05) is 0 Å². The molecule has 0 radical (unpaired) electrons. The van der Waals surface area contributed by atoms with Crippen LogP contribution in [0.4, 0.5) is 0 Å². The van der Waals surface area contributed by atoms with Gasteiger partial charge in [-0.05, 0) is 38.0 Å². The molecule has 0 aliphatic heterocycles. The monoisotopic (exact) mass is 433 g/mol. The van der Waals surface area contributed by atoms with E-state index in [1.165, 1.54) is 21.8 Å². The van der Waals surface area contributed by atoms with Crippen LogP contribution in [0.2, 0.25) is 0 Å². The Morgan fingerprint density at radius 1 is 1.19 bits per heavy atom. The molecule has 4 heterocycles. The molecule has 9 heteroatoms. The second-order valence-corrected chi connectivity index (χ2v) is 8.19. The second-order valence-electron chi connectivity index (χ2n) is 7.32. The van der Waals surface area contributed by atoms with Crippen LogP contribution in [0.1, 0.15) is 29.1 Å². The van der Waals surface area contributed by atoms with Crippen molar-refractivity contribution in [2.45, 2.75) is 33.3 Å². The van der Waals surface area contributed by atoms with Gasteiger partial charge in [-0.1, -0.05) is 12.1 Å². The highest BCUT2D eigenvalue weighted by Crippen LogP contribution is 2.23. The van der Waals surface area contributed by atoms with Gasteiger partial charge in [0, 0.05) is 40.8 Å². The van der Waals surface area contributed by atoms with E-state index in [1.807, 2.05) is 42.6 Å². The molecular formula is C22H19N5O3S. The van der Waals surface area contributed by atoms with Crippen LogP contribution < -0.4 is 5.56 Å². The van der Waals surface area contributed by atoms with Gasteiger partial charge in [-0.3, -0.25) is 14.0 Å². The number of nitrogens with zero attached hydrogens (tertiary/aromatic N) is 5. The van der Waals surface area contributed by atoms with Crippen LogP contribution in [0, 0.1) is 13.8 Å². The van der Waals surface area contributed by atoms with E-state index in [1.54, 1.807) is 11.6 Å². The van der Waals surface area contributed by atoms with Gasteiger partial charge in [0.25, 0.3) is 5.56 Å². The molecule has 8 nitrogen and oxygen atoms in total. The van der Waals surface area contributed by atoms with Crippen molar-refractivity contribution < 1.29 is 9.53 Å². The standard InChI is InChI=1S/C22H19N5O3S/c1-13-16(14(2)27-21(23-13)17-5-3-4-6-18(17)25-27)7-8-20(29)30-12-15-11-19(28)26-9-10-31-22(26)24-15/h3-6,9-11H,7-8,12H2,1-2H3. The molecule has 5 rings (SSSR count). The van der Waals surface area contributed by atoms with Crippen LogP contribution in [-0.4, -0.2) is 30.0 Å². The molecule has 31 heavy (non-hydrogen) atoms. The lowest BCUT2D eigenvalue weighted by atomic mass is 10.1. The lowest BCUT2D eigenvalue weighted by Gasteiger charge is -2.11. The van der Waals surface area contributed by atoms with Gasteiger partial charge in [0.1, 0.15) is 6.61 Å². The maximum absolute atomic E-state index is 12.3. The van der Waals surface area contributed by atoms with Gasteiger partial charge in [0.05, 0.1) is 11.2 Å². The molecule has 0 atom stereocenters. The van der Waals surface area contributed by atoms with Crippen LogP contribution in [0.25, 0.3) is 21.5 Å². The molecule has 156 valence electrons. The molecule has 0 aliphatic carbocycles. The summed E-state index contributed by atoms with van der Waals surface area (Å²) in [7, 11) is 0. The number of esters is 1. The number of hydrogen-bond acceptors (Lipinski definition) is 7. The minimum absolute atomic E-state index is 0.0255. The maximum Gasteiger partial charge on any atom is 0.306 e. The van der Waals surface area contributed by atoms with Gasteiger partial charge in [-0.15, -0.1) is 11.3 Å². The lowest BCUT2D eigenvalue weighted by molar-refractivity contribution is -0.145. The van der Waals surface area contributed by atoms with Crippen molar-refractivity contribution in [3.63, 3.8) is 0 Å². The van der Waals surface area contributed by atoms with Crippen molar-refractivity contribution in [1.82, 2.24) is 24.0 Å². The van der Waals surface area contributed by atoms with Crippen molar-refractivity contribution in [1.29, 1.82) is 0 Å². The number of rotatable bonds is 5. The van der Waals surface area contributed by atoms with Crippen molar-refractivity contribution >= 4 is 38.8 Å². The van der Waals surface area contributed by atoms with Gasteiger partial charge in [-0.25, -0.2) is 14.5 Å². The van der Waals surface area contributed by atoms with E-state index in [0.29, 0.717) is 17.1 Å². The molecule has 0 spiro atoms. The zero-order valence-corrected chi connectivity index (χ0v) is 17.8. The Labute approximate surface area is 180 Å². The fourth-order valence-electron chi connectivity index (χ4n) is 3.75. The highest BCUT2D eigenvalue weighted by molar-refractivity contribution is 7.15. The summed E-state index contributed by atoms with van der Waals surface area (Å²) in [6.45, 7) is 3.91. The quantitative estimate of drug-likeness (QED) is 0.395. The molecule has 0 saturated carbocycles. The molecule has 0 unspecified atom stereocenters. The number of aryl methyl sites for hydroxylation is 2. The number of benzene rings is 1. The number of aromatic nitrogens is 5. The van der Waals surface area contributed by atoms with Crippen LogP contribution in [-0.2, 0) is 22.6 Å². The molecule has 0 saturated heterocycles. The summed E-state index contributed by atoms with van der Waals surface area (Å²) < 4.78 is 8.66. The van der Waals surface area contributed by atoms with E-state index in [9.17, 15) is 9.59 Å². The van der Waals surface area contributed by atoms with E-state index in [-0.39, 0.29) is 24.6 Å². The first-order valence-corrected chi connectivity index (χ1v) is 10.7. The Bertz CT molecular complexity index is 1510. The van der Waals surface area contributed by atoms with Gasteiger partial charge >= 0.3 is 5.97 Å². The van der Waals surface area contributed by atoms with E-state index >= 15 is 0 Å². The number of hydrogen-bond donors (Lipinski definition) is 0. The van der Waals surface area contributed by atoms with Gasteiger partial charge in [0.2, 0.25) is 0 Å². The van der Waals surface area contributed by atoms with E-state index in [4.69, 9.17) is 9.72 Å². The lowest BCUT2D eigenvalue weighted by Crippen LogP contribution is -2.15. The van der Waals surface area contributed by atoms with E-state index in [0.717, 1.165) is 33.5 Å². The Kier molecular flexibility index (Phi) is 4.74. The molecule has 0 bridgehead atoms. The first-order valence-electron chi connectivity index (χ1n) is 9.86. The van der Waals surface area contributed by atoms with Gasteiger partial charge in [0.15, 0.2) is 10.6 Å². The third-order valence-corrected chi connectivity index (χ3v) is 6.09. The Balaban J connectivity index is 1.31. The summed E-state index contributed by atoms with van der Waals surface area (Å²) in [4.78, 5) is 34.0. The predicted octanol–water partition coefficient (Wildman–Crippen LogP) is 3.24. The predicted molar refractivity (Wildman–Crippen MR) is 117 cm³/mol. The number of carbonyl (C=O) groups excluding carboxylic acids is 1. The topological polar surface area (TPSA) is 90.9 Å². The summed E-state index contributed by atoms with van der Waals surface area (Å²) in [5, 5.41) is 7.44. The molecule has 0 amide bonds. The number of thiazole rings is 1. The largest absolute Gasteiger partial charge is 0.459 e. The highest BCUT2D eigenvalue weighted by Gasteiger charge is 2.15. The van der Waals surface area contributed by atoms with Crippen LogP contribution in [0.15, 0.2) is 46.7 Å². The first kappa shape index (κ1) is 19.4. The normalized spacial score (nSPS) is 11.5. The molecule has 0 aliphatic rings. The van der Waals surface area contributed by atoms with Crippen molar-refractivity contribution in [2.24, 2.45) is 0 Å². The minimum atomic E-state index is -0.349. The smallest absolute Gasteiger partial charge is 0.306 e. The fraction of sp³-hybridized carbons (Fsp3) is 0.227. The molecule has 0 fully saturated rings. The van der Waals surface area contributed by atoms with E-state index in [2.05, 4.69) is 10.1 Å². The van der Waals surface area contributed by atoms with Crippen LogP contribution >= 0.6 is 11.3 Å². The van der Waals surface area contributed by atoms with Crippen molar-refractivity contribution in [3.05, 3.63) is 74.9 Å². The number of fused-ring (bicyclic) bond motifs is 4. The summed E-state index contributed by atoms with van der Waals surface area (Å²) in [6.07, 6.45) is 2.37. The van der Waals surface area contributed by atoms with Crippen LogP contribution in [0.3, 0.4) is 0 Å². The Hall–Kier alpha value is -3.59. The Morgan fingerprint density at radius 3 is 2.90 bits per heavy atom. The Morgan fingerprint density at radius 2 is 2.03 bits per heavy atom. The molecule has 0 N–H and O–H groups in total. The molecule has 4 aromatic heterocycles. The summed E-state index contributed by atoms with van der Waals surface area (Å²) in [5.41, 5.74) is 4.78. The SMILES string of the molecule is Cc1nc2c3ccccc3nn2c(C)c1CCC(=O)OCc1cc(=O)n2ccsc2n1. The minimum Gasteiger partial charge on any atom is -0.459 e. The van der Waals surface area contributed by atoms with Gasteiger partial charge < -0.3 is 4.74 Å². The fourth-order valence-corrected chi connectivity index (χ4v) is 4.49. The average molecular weight is 433 g/mol. The van der Waals surface area contributed by atoms with E-state index < -0.39 is 0 Å². The third-order valence-electron chi connectivity index (χ3n) is 5.33. The molecule has 1 aromatic carbocycles. The number of carbonyl (C=O) groups is 1. The zero-order valence-electron chi connectivity index (χ0n) is 17.0. The first-order chi connectivity index (χ1) is 15.0. The van der Waals surface area contributed by atoms with Gasteiger partial charge in [-0.2, -0.15) is 5.10 Å². The maximum atomic E-state index is 12.3. The number of ether oxygens (including phenoxy) is 1. The second kappa shape index (κ2) is 7.59. The summed E-state index contributed by atoms with van der Waals surface area (Å²) in [6, 6.07) is 9.28.